The number of rotatable bonds is 4. The maximum atomic E-state index is 13.3. The second-order valence-electron chi connectivity index (χ2n) is 5.06. The highest BCUT2D eigenvalue weighted by atomic mass is 19.3. The van der Waals surface area contributed by atoms with Crippen LogP contribution in [0.1, 0.15) is 24.0 Å². The van der Waals surface area contributed by atoms with Crippen molar-refractivity contribution in [1.29, 1.82) is 0 Å². The molecular formula is C14H17F2NO2. The minimum atomic E-state index is -2.58. The summed E-state index contributed by atoms with van der Waals surface area (Å²) in [6, 6.07) is 7.10. The molecule has 1 heterocycles. The van der Waals surface area contributed by atoms with E-state index in [2.05, 4.69) is 0 Å². The largest absolute Gasteiger partial charge is 0.481 e. The molecule has 1 aromatic carbocycles. The van der Waals surface area contributed by atoms with Gasteiger partial charge in [0.25, 0.3) is 5.92 Å². The molecule has 1 fully saturated rings. The van der Waals surface area contributed by atoms with Gasteiger partial charge in [-0.1, -0.05) is 24.3 Å². The normalized spacial score (nSPS) is 19.3. The van der Waals surface area contributed by atoms with E-state index in [1.807, 2.05) is 12.1 Å². The fourth-order valence-corrected chi connectivity index (χ4v) is 2.38. The van der Waals surface area contributed by atoms with Gasteiger partial charge in [0.2, 0.25) is 0 Å². The number of hydrogen-bond acceptors (Lipinski definition) is 2. The van der Waals surface area contributed by atoms with Crippen molar-refractivity contribution in [3.05, 3.63) is 35.4 Å². The lowest BCUT2D eigenvalue weighted by Gasteiger charge is -2.32. The molecule has 0 saturated carbocycles. The number of aliphatic carboxylic acids is 1. The fourth-order valence-electron chi connectivity index (χ4n) is 2.38. The quantitative estimate of drug-likeness (QED) is 0.913. The van der Waals surface area contributed by atoms with Gasteiger partial charge >= 0.3 is 5.97 Å². The first-order chi connectivity index (χ1) is 8.94. The lowest BCUT2D eigenvalue weighted by atomic mass is 10.1. The van der Waals surface area contributed by atoms with Crippen LogP contribution in [0.2, 0.25) is 0 Å². The molecule has 0 aliphatic carbocycles. The third kappa shape index (κ3) is 4.28. The maximum Gasteiger partial charge on any atom is 0.307 e. The Morgan fingerprint density at radius 3 is 2.47 bits per heavy atom. The average molecular weight is 269 g/mol. The zero-order valence-electron chi connectivity index (χ0n) is 10.6. The molecule has 0 amide bonds. The van der Waals surface area contributed by atoms with Crippen molar-refractivity contribution in [2.75, 3.05) is 13.1 Å². The van der Waals surface area contributed by atoms with Gasteiger partial charge in [0, 0.05) is 13.0 Å². The van der Waals surface area contributed by atoms with E-state index in [-0.39, 0.29) is 19.4 Å². The summed E-state index contributed by atoms with van der Waals surface area (Å²) < 4.78 is 26.5. The van der Waals surface area contributed by atoms with E-state index in [4.69, 9.17) is 5.11 Å². The summed E-state index contributed by atoms with van der Waals surface area (Å²) in [5.41, 5.74) is 1.66. The molecule has 0 bridgehead atoms. The number of alkyl halides is 2. The molecule has 1 N–H and O–H groups in total. The predicted molar refractivity (Wildman–Crippen MR) is 67.2 cm³/mol. The number of halogens is 2. The summed E-state index contributed by atoms with van der Waals surface area (Å²) in [6.07, 6.45) is 0.479. The van der Waals surface area contributed by atoms with Gasteiger partial charge in [-0.3, -0.25) is 9.69 Å². The zero-order valence-corrected chi connectivity index (χ0v) is 10.6. The molecule has 0 radical (unpaired) electrons. The number of carbonyl (C=O) groups is 1. The Hall–Kier alpha value is -1.49. The third-order valence-corrected chi connectivity index (χ3v) is 3.26. The first kappa shape index (κ1) is 13.9. The Bertz CT molecular complexity index is 445. The topological polar surface area (TPSA) is 40.5 Å². The van der Waals surface area contributed by atoms with Crippen LogP contribution in [0.3, 0.4) is 0 Å². The van der Waals surface area contributed by atoms with Crippen LogP contribution in [0, 0.1) is 0 Å². The van der Waals surface area contributed by atoms with Crippen LogP contribution in [0.15, 0.2) is 24.3 Å². The molecule has 0 unspecified atom stereocenters. The van der Waals surface area contributed by atoms with Crippen molar-refractivity contribution >= 4 is 5.97 Å². The smallest absolute Gasteiger partial charge is 0.307 e. The lowest BCUT2D eigenvalue weighted by molar-refractivity contribution is -0.136. The molecule has 0 atom stereocenters. The van der Waals surface area contributed by atoms with E-state index in [0.717, 1.165) is 11.1 Å². The third-order valence-electron chi connectivity index (χ3n) is 3.26. The van der Waals surface area contributed by atoms with Gasteiger partial charge in [0.15, 0.2) is 0 Å². The van der Waals surface area contributed by atoms with Crippen LogP contribution in [0.5, 0.6) is 0 Å². The number of nitrogens with zero attached hydrogens (tertiary/aromatic N) is 1. The lowest BCUT2D eigenvalue weighted by Crippen LogP contribution is -2.41. The second kappa shape index (κ2) is 5.65. The molecular weight excluding hydrogens is 252 g/mol. The van der Waals surface area contributed by atoms with Crippen molar-refractivity contribution in [1.82, 2.24) is 4.90 Å². The zero-order chi connectivity index (χ0) is 13.9. The first-order valence-corrected chi connectivity index (χ1v) is 6.34. The number of piperidine rings is 1. The van der Waals surface area contributed by atoms with Gasteiger partial charge < -0.3 is 5.11 Å². The molecule has 1 saturated heterocycles. The maximum absolute atomic E-state index is 13.3. The highest BCUT2D eigenvalue weighted by molar-refractivity contribution is 5.70. The summed E-state index contributed by atoms with van der Waals surface area (Å²) in [4.78, 5) is 12.3. The van der Waals surface area contributed by atoms with E-state index >= 15 is 0 Å². The van der Waals surface area contributed by atoms with E-state index in [0.29, 0.717) is 19.5 Å². The fraction of sp³-hybridized carbons (Fsp3) is 0.500. The van der Waals surface area contributed by atoms with Gasteiger partial charge in [-0.15, -0.1) is 0 Å². The predicted octanol–water partition coefficient (Wildman–Crippen LogP) is 2.54. The summed E-state index contributed by atoms with van der Waals surface area (Å²) in [5, 5.41) is 8.66. The number of carboxylic acid groups (broad SMARTS) is 1. The number of carboxylic acids is 1. The summed E-state index contributed by atoms with van der Waals surface area (Å²) >= 11 is 0. The van der Waals surface area contributed by atoms with Crippen LogP contribution in [0.25, 0.3) is 0 Å². The molecule has 5 heteroatoms. The first-order valence-electron chi connectivity index (χ1n) is 6.34. The van der Waals surface area contributed by atoms with E-state index in [1.54, 1.807) is 17.0 Å². The van der Waals surface area contributed by atoms with Gasteiger partial charge in [-0.05, 0) is 24.1 Å². The molecule has 0 spiro atoms. The van der Waals surface area contributed by atoms with Crippen molar-refractivity contribution in [2.45, 2.75) is 31.7 Å². The van der Waals surface area contributed by atoms with Crippen LogP contribution in [0.4, 0.5) is 8.78 Å². The highest BCUT2D eigenvalue weighted by Gasteiger charge is 2.34. The molecule has 0 aromatic heterocycles. The highest BCUT2D eigenvalue weighted by Crippen LogP contribution is 2.27. The molecule has 19 heavy (non-hydrogen) atoms. The molecule has 104 valence electrons. The van der Waals surface area contributed by atoms with Crippen molar-refractivity contribution < 1.29 is 18.7 Å². The summed E-state index contributed by atoms with van der Waals surface area (Å²) in [7, 11) is 0. The molecule has 3 nitrogen and oxygen atoms in total. The Morgan fingerprint density at radius 2 is 1.89 bits per heavy atom. The second-order valence-corrected chi connectivity index (χ2v) is 5.06. The van der Waals surface area contributed by atoms with Crippen LogP contribution in [-0.4, -0.2) is 35.0 Å². The molecule has 2 rings (SSSR count). The average Bonchev–Trinajstić information content (AvgIpc) is 2.30. The van der Waals surface area contributed by atoms with Crippen molar-refractivity contribution in [2.24, 2.45) is 0 Å². The number of likely N-dealkylation sites (tertiary alicyclic amines) is 1. The van der Waals surface area contributed by atoms with Crippen molar-refractivity contribution in [3.8, 4) is 0 Å². The molecule has 1 aliphatic heterocycles. The summed E-state index contributed by atoms with van der Waals surface area (Å²) in [5.74, 6) is -3.45. The number of benzene rings is 1. The van der Waals surface area contributed by atoms with E-state index in [1.165, 1.54) is 0 Å². The van der Waals surface area contributed by atoms with E-state index in [9.17, 15) is 13.6 Å². The van der Waals surface area contributed by atoms with Crippen LogP contribution >= 0.6 is 0 Å². The minimum Gasteiger partial charge on any atom is -0.481 e. The van der Waals surface area contributed by atoms with E-state index < -0.39 is 11.9 Å². The monoisotopic (exact) mass is 269 g/mol. The van der Waals surface area contributed by atoms with Crippen molar-refractivity contribution in [3.63, 3.8) is 0 Å². The Kier molecular flexibility index (Phi) is 4.14. The minimum absolute atomic E-state index is 0.0118. The summed E-state index contributed by atoms with van der Waals surface area (Å²) in [6.45, 7) is 0.985. The van der Waals surface area contributed by atoms with Gasteiger partial charge in [-0.25, -0.2) is 8.78 Å². The van der Waals surface area contributed by atoms with Gasteiger partial charge in [0.1, 0.15) is 0 Å². The Labute approximate surface area is 110 Å². The Balaban J connectivity index is 1.94. The SMILES string of the molecule is O=C(O)Cc1ccc(CN2CCCC(F)(F)C2)cc1. The molecule has 1 aliphatic rings. The molecule has 1 aromatic rings. The van der Waals surface area contributed by atoms with Crippen LogP contribution in [-0.2, 0) is 17.8 Å². The van der Waals surface area contributed by atoms with Gasteiger partial charge in [0.05, 0.1) is 13.0 Å². The Morgan fingerprint density at radius 1 is 1.26 bits per heavy atom. The van der Waals surface area contributed by atoms with Crippen LogP contribution < -0.4 is 0 Å². The number of hydrogen-bond donors (Lipinski definition) is 1. The van der Waals surface area contributed by atoms with Gasteiger partial charge in [-0.2, -0.15) is 0 Å². The standard InChI is InChI=1S/C14H17F2NO2/c15-14(16)6-1-7-17(10-14)9-12-4-2-11(3-5-12)8-13(18)19/h2-5H,1,6-10H2,(H,18,19).